The van der Waals surface area contributed by atoms with E-state index in [2.05, 4.69) is 21.5 Å². The Balaban J connectivity index is 1.71. The molecule has 0 unspecified atom stereocenters. The van der Waals surface area contributed by atoms with Gasteiger partial charge >= 0.3 is 0 Å². The number of carbonyl (C=O) groups excluding carboxylic acids is 1. The van der Waals surface area contributed by atoms with Gasteiger partial charge < -0.3 is 9.47 Å². The van der Waals surface area contributed by atoms with Crippen LogP contribution in [0.3, 0.4) is 0 Å². The number of aromatic nitrogens is 3. The van der Waals surface area contributed by atoms with Gasteiger partial charge in [0.25, 0.3) is 5.91 Å². The van der Waals surface area contributed by atoms with Gasteiger partial charge in [-0.25, -0.2) is 9.97 Å². The summed E-state index contributed by atoms with van der Waals surface area (Å²) in [5, 5.41) is 1.02. The summed E-state index contributed by atoms with van der Waals surface area (Å²) in [6, 6.07) is 0.341. The minimum absolute atomic E-state index is 0.118. The number of amides is 1. The number of thiazole rings is 1. The van der Waals surface area contributed by atoms with Crippen LogP contribution < -0.4 is 0 Å². The molecule has 0 radical (unpaired) electrons. The Morgan fingerprint density at radius 3 is 3.15 bits per heavy atom. The summed E-state index contributed by atoms with van der Waals surface area (Å²) in [7, 11) is 0. The van der Waals surface area contributed by atoms with E-state index in [1.807, 2.05) is 17.4 Å². The van der Waals surface area contributed by atoms with Gasteiger partial charge in [0.15, 0.2) is 0 Å². The molecule has 0 saturated carbocycles. The predicted molar refractivity (Wildman–Crippen MR) is 77.9 cm³/mol. The van der Waals surface area contributed by atoms with Crippen LogP contribution in [0.15, 0.2) is 24.9 Å². The first-order valence-electron chi connectivity index (χ1n) is 6.99. The molecule has 0 aromatic carbocycles. The summed E-state index contributed by atoms with van der Waals surface area (Å²) in [4.78, 5) is 23.6. The molecule has 1 saturated heterocycles. The first-order chi connectivity index (χ1) is 9.78. The SMILES string of the molecule is CCc1ncc(C(=O)N2CCC[C@H](n3ccnc3)C2)s1. The van der Waals surface area contributed by atoms with Gasteiger partial charge in [0, 0.05) is 25.5 Å². The van der Waals surface area contributed by atoms with Crippen molar-refractivity contribution >= 4 is 17.2 Å². The molecule has 0 spiro atoms. The number of nitrogens with zero attached hydrogens (tertiary/aromatic N) is 4. The third-order valence-electron chi connectivity index (χ3n) is 3.70. The molecule has 0 aliphatic carbocycles. The Morgan fingerprint density at radius 1 is 1.55 bits per heavy atom. The van der Waals surface area contributed by atoms with E-state index < -0.39 is 0 Å². The molecule has 3 rings (SSSR count). The lowest BCUT2D eigenvalue weighted by Crippen LogP contribution is -2.40. The molecular weight excluding hydrogens is 272 g/mol. The van der Waals surface area contributed by atoms with Crippen molar-refractivity contribution in [1.29, 1.82) is 0 Å². The zero-order valence-electron chi connectivity index (χ0n) is 11.5. The van der Waals surface area contributed by atoms with E-state index in [0.717, 1.165) is 42.2 Å². The average molecular weight is 290 g/mol. The van der Waals surface area contributed by atoms with E-state index in [9.17, 15) is 4.79 Å². The molecular formula is C14H18N4OS. The Kier molecular flexibility index (Phi) is 3.82. The van der Waals surface area contributed by atoms with E-state index in [-0.39, 0.29) is 5.91 Å². The van der Waals surface area contributed by atoms with Crippen molar-refractivity contribution in [2.75, 3.05) is 13.1 Å². The fourth-order valence-corrected chi connectivity index (χ4v) is 3.42. The fourth-order valence-electron chi connectivity index (χ4n) is 2.60. The smallest absolute Gasteiger partial charge is 0.265 e. The van der Waals surface area contributed by atoms with E-state index >= 15 is 0 Å². The van der Waals surface area contributed by atoms with E-state index in [1.165, 1.54) is 11.3 Å². The Morgan fingerprint density at radius 2 is 2.45 bits per heavy atom. The van der Waals surface area contributed by atoms with Crippen molar-refractivity contribution in [3.63, 3.8) is 0 Å². The lowest BCUT2D eigenvalue weighted by molar-refractivity contribution is 0.0684. The summed E-state index contributed by atoms with van der Waals surface area (Å²) < 4.78 is 2.10. The van der Waals surface area contributed by atoms with E-state index in [4.69, 9.17) is 0 Å². The van der Waals surface area contributed by atoms with Gasteiger partial charge in [-0.1, -0.05) is 6.92 Å². The highest BCUT2D eigenvalue weighted by Gasteiger charge is 2.26. The number of likely N-dealkylation sites (tertiary alicyclic amines) is 1. The van der Waals surface area contributed by atoms with Crippen LogP contribution >= 0.6 is 11.3 Å². The number of imidazole rings is 1. The molecule has 5 nitrogen and oxygen atoms in total. The molecule has 0 N–H and O–H groups in total. The molecule has 6 heteroatoms. The normalized spacial score (nSPS) is 19.2. The van der Waals surface area contributed by atoms with E-state index in [0.29, 0.717) is 6.04 Å². The van der Waals surface area contributed by atoms with Gasteiger partial charge in [-0.15, -0.1) is 11.3 Å². The maximum absolute atomic E-state index is 12.5. The van der Waals surface area contributed by atoms with Crippen molar-refractivity contribution in [2.45, 2.75) is 32.2 Å². The van der Waals surface area contributed by atoms with Crippen LogP contribution in [-0.4, -0.2) is 38.4 Å². The molecule has 0 bridgehead atoms. The largest absolute Gasteiger partial charge is 0.336 e. The van der Waals surface area contributed by atoms with Crippen LogP contribution in [0.4, 0.5) is 0 Å². The third kappa shape index (κ3) is 2.60. The number of rotatable bonds is 3. The van der Waals surface area contributed by atoms with Crippen molar-refractivity contribution in [3.8, 4) is 0 Å². The van der Waals surface area contributed by atoms with Crippen LogP contribution in [0.1, 0.15) is 40.5 Å². The first kappa shape index (κ1) is 13.3. The minimum Gasteiger partial charge on any atom is -0.336 e. The summed E-state index contributed by atoms with van der Waals surface area (Å²) >= 11 is 1.51. The molecule has 106 valence electrons. The second kappa shape index (κ2) is 5.75. The molecule has 1 fully saturated rings. The number of aryl methyl sites for hydroxylation is 1. The number of hydrogen-bond acceptors (Lipinski definition) is 4. The highest BCUT2D eigenvalue weighted by Crippen LogP contribution is 2.24. The lowest BCUT2D eigenvalue weighted by Gasteiger charge is -2.33. The monoisotopic (exact) mass is 290 g/mol. The van der Waals surface area contributed by atoms with Gasteiger partial charge in [0.1, 0.15) is 4.88 Å². The Bertz CT molecular complexity index is 578. The second-order valence-corrected chi connectivity index (χ2v) is 6.14. The first-order valence-corrected chi connectivity index (χ1v) is 7.81. The molecule has 3 heterocycles. The van der Waals surface area contributed by atoms with Gasteiger partial charge in [-0.05, 0) is 19.3 Å². The van der Waals surface area contributed by atoms with E-state index in [1.54, 1.807) is 12.4 Å². The number of carbonyl (C=O) groups is 1. The van der Waals surface area contributed by atoms with Gasteiger partial charge in [-0.2, -0.15) is 0 Å². The predicted octanol–water partition coefficient (Wildman–Crippen LogP) is 2.38. The average Bonchev–Trinajstić information content (AvgIpc) is 3.17. The highest BCUT2D eigenvalue weighted by molar-refractivity contribution is 7.13. The zero-order chi connectivity index (χ0) is 13.9. The van der Waals surface area contributed by atoms with Crippen LogP contribution in [0.2, 0.25) is 0 Å². The summed E-state index contributed by atoms with van der Waals surface area (Å²) in [6.45, 7) is 3.65. The molecule has 1 amide bonds. The number of hydrogen-bond donors (Lipinski definition) is 0. The Hall–Kier alpha value is -1.69. The summed E-state index contributed by atoms with van der Waals surface area (Å²) in [5.74, 6) is 0.118. The minimum atomic E-state index is 0.118. The molecule has 1 aliphatic rings. The van der Waals surface area contributed by atoms with Gasteiger partial charge in [0.05, 0.1) is 23.6 Å². The molecule has 2 aromatic rings. The molecule has 2 aromatic heterocycles. The topological polar surface area (TPSA) is 51.0 Å². The second-order valence-electron chi connectivity index (χ2n) is 5.03. The maximum Gasteiger partial charge on any atom is 0.265 e. The standard InChI is InChI=1S/C14H18N4OS/c1-2-13-16-8-12(20-13)14(19)17-6-3-4-11(9-17)18-7-5-15-10-18/h5,7-8,10-11H,2-4,6,9H2,1H3/t11-/m0/s1. The lowest BCUT2D eigenvalue weighted by atomic mass is 10.1. The Labute approximate surface area is 122 Å². The summed E-state index contributed by atoms with van der Waals surface area (Å²) in [5.41, 5.74) is 0. The van der Waals surface area contributed by atoms with Gasteiger partial charge in [0.2, 0.25) is 0 Å². The quantitative estimate of drug-likeness (QED) is 0.872. The van der Waals surface area contributed by atoms with Crippen molar-refractivity contribution in [2.24, 2.45) is 0 Å². The molecule has 1 atom stereocenters. The van der Waals surface area contributed by atoms with Gasteiger partial charge in [-0.3, -0.25) is 4.79 Å². The molecule has 20 heavy (non-hydrogen) atoms. The molecule has 1 aliphatic heterocycles. The fraction of sp³-hybridized carbons (Fsp3) is 0.500. The van der Waals surface area contributed by atoms with Crippen LogP contribution in [0.5, 0.6) is 0 Å². The third-order valence-corrected chi connectivity index (χ3v) is 4.83. The van der Waals surface area contributed by atoms with Crippen molar-refractivity contribution < 1.29 is 4.79 Å². The van der Waals surface area contributed by atoms with Crippen molar-refractivity contribution in [1.82, 2.24) is 19.4 Å². The van der Waals surface area contributed by atoms with Crippen LogP contribution in [-0.2, 0) is 6.42 Å². The van der Waals surface area contributed by atoms with Crippen LogP contribution in [0, 0.1) is 0 Å². The summed E-state index contributed by atoms with van der Waals surface area (Å²) in [6.07, 6.45) is 10.3. The highest BCUT2D eigenvalue weighted by atomic mass is 32.1. The zero-order valence-corrected chi connectivity index (χ0v) is 12.3. The maximum atomic E-state index is 12.5. The number of piperidine rings is 1. The van der Waals surface area contributed by atoms with Crippen molar-refractivity contribution in [3.05, 3.63) is 34.8 Å². The van der Waals surface area contributed by atoms with Crippen LogP contribution in [0.25, 0.3) is 0 Å².